The normalized spacial score (nSPS) is 15.9. The minimum atomic E-state index is 0.0706. The van der Waals surface area contributed by atoms with Crippen LogP contribution in [0, 0.1) is 19.8 Å². The Labute approximate surface area is 125 Å². The quantitative estimate of drug-likeness (QED) is 0.760. The molecular weight excluding hydrogens is 270 g/mol. The second kappa shape index (κ2) is 7.14. The van der Waals surface area contributed by atoms with Gasteiger partial charge in [-0.2, -0.15) is 0 Å². The van der Waals surface area contributed by atoms with Gasteiger partial charge in [0.2, 0.25) is 5.91 Å². The van der Waals surface area contributed by atoms with Gasteiger partial charge < -0.3 is 10.4 Å². The van der Waals surface area contributed by atoms with E-state index in [-0.39, 0.29) is 18.6 Å². The topological polar surface area (TPSA) is 49.3 Å². The van der Waals surface area contributed by atoms with Crippen LogP contribution in [-0.2, 0) is 4.79 Å². The van der Waals surface area contributed by atoms with E-state index in [9.17, 15) is 4.79 Å². The van der Waals surface area contributed by atoms with Gasteiger partial charge in [-0.15, -0.1) is 11.8 Å². The van der Waals surface area contributed by atoms with Crippen molar-refractivity contribution in [3.05, 3.63) is 29.3 Å². The number of benzene rings is 1. The molecule has 1 fully saturated rings. The van der Waals surface area contributed by atoms with Crippen molar-refractivity contribution >= 4 is 17.7 Å². The van der Waals surface area contributed by atoms with Gasteiger partial charge in [0.15, 0.2) is 0 Å². The summed E-state index contributed by atoms with van der Waals surface area (Å²) < 4.78 is 0. The SMILES string of the molecule is Cc1ccc(C)c(SCC(=O)NC(CCO)C2CC2)c1. The van der Waals surface area contributed by atoms with Crippen LogP contribution in [0.25, 0.3) is 0 Å². The maximum atomic E-state index is 12.0. The Morgan fingerprint density at radius 1 is 1.45 bits per heavy atom. The molecule has 1 aliphatic carbocycles. The van der Waals surface area contributed by atoms with Crippen molar-refractivity contribution in [2.45, 2.75) is 44.0 Å². The Kier molecular flexibility index (Phi) is 5.49. The Bertz CT molecular complexity index is 472. The molecule has 1 atom stereocenters. The van der Waals surface area contributed by atoms with Crippen LogP contribution in [0.5, 0.6) is 0 Å². The number of hydrogen-bond donors (Lipinski definition) is 2. The fraction of sp³-hybridized carbons (Fsp3) is 0.562. The van der Waals surface area contributed by atoms with E-state index in [1.165, 1.54) is 28.9 Å². The van der Waals surface area contributed by atoms with E-state index in [0.29, 0.717) is 18.1 Å². The molecule has 1 aromatic carbocycles. The number of rotatable bonds is 7. The Balaban J connectivity index is 1.83. The largest absolute Gasteiger partial charge is 0.396 e. The molecule has 1 saturated carbocycles. The lowest BCUT2D eigenvalue weighted by Crippen LogP contribution is -2.38. The molecule has 0 heterocycles. The first-order chi connectivity index (χ1) is 9.60. The first-order valence-electron chi connectivity index (χ1n) is 7.20. The summed E-state index contributed by atoms with van der Waals surface area (Å²) in [5, 5.41) is 12.1. The Hall–Kier alpha value is -1.00. The first kappa shape index (κ1) is 15.4. The van der Waals surface area contributed by atoms with E-state index in [1.54, 1.807) is 11.8 Å². The lowest BCUT2D eigenvalue weighted by molar-refractivity contribution is -0.119. The van der Waals surface area contributed by atoms with E-state index in [4.69, 9.17) is 5.11 Å². The van der Waals surface area contributed by atoms with Crippen LogP contribution in [0.2, 0.25) is 0 Å². The van der Waals surface area contributed by atoms with Gasteiger partial charge in [-0.1, -0.05) is 17.7 Å². The fourth-order valence-corrected chi connectivity index (χ4v) is 3.25. The average Bonchev–Trinajstić information content (AvgIpc) is 3.24. The summed E-state index contributed by atoms with van der Waals surface area (Å²) >= 11 is 1.59. The predicted molar refractivity (Wildman–Crippen MR) is 83.0 cm³/mol. The van der Waals surface area contributed by atoms with Crippen molar-refractivity contribution in [3.63, 3.8) is 0 Å². The van der Waals surface area contributed by atoms with Gasteiger partial charge in [0.25, 0.3) is 0 Å². The van der Waals surface area contributed by atoms with Gasteiger partial charge in [0.05, 0.1) is 5.75 Å². The van der Waals surface area contributed by atoms with Crippen LogP contribution in [0.15, 0.2) is 23.1 Å². The number of aryl methyl sites for hydroxylation is 2. The second-order valence-electron chi connectivity index (χ2n) is 5.58. The molecule has 0 bridgehead atoms. The van der Waals surface area contributed by atoms with Crippen LogP contribution in [-0.4, -0.2) is 29.4 Å². The summed E-state index contributed by atoms with van der Waals surface area (Å²) in [5.41, 5.74) is 2.43. The summed E-state index contributed by atoms with van der Waals surface area (Å²) in [7, 11) is 0. The summed E-state index contributed by atoms with van der Waals surface area (Å²) in [4.78, 5) is 13.2. The van der Waals surface area contributed by atoms with E-state index in [2.05, 4.69) is 37.4 Å². The summed E-state index contributed by atoms with van der Waals surface area (Å²) in [6, 6.07) is 6.46. The highest BCUT2D eigenvalue weighted by atomic mass is 32.2. The standard InChI is InChI=1S/C16H23NO2S/c1-11-3-4-12(2)15(9-11)20-10-16(19)17-14(7-8-18)13-5-6-13/h3-4,9,13-14,18H,5-8,10H2,1-2H3,(H,17,19). The number of amides is 1. The lowest BCUT2D eigenvalue weighted by atomic mass is 10.1. The van der Waals surface area contributed by atoms with Crippen molar-refractivity contribution in [3.8, 4) is 0 Å². The minimum Gasteiger partial charge on any atom is -0.396 e. The van der Waals surface area contributed by atoms with E-state index in [0.717, 1.165) is 0 Å². The number of nitrogens with one attached hydrogen (secondary N) is 1. The average molecular weight is 293 g/mol. The Morgan fingerprint density at radius 3 is 2.85 bits per heavy atom. The van der Waals surface area contributed by atoms with Gasteiger partial charge >= 0.3 is 0 Å². The summed E-state index contributed by atoms with van der Waals surface area (Å²) in [6.07, 6.45) is 3.02. The molecule has 1 unspecified atom stereocenters. The molecule has 0 saturated heterocycles. The van der Waals surface area contributed by atoms with E-state index in [1.807, 2.05) is 0 Å². The van der Waals surface area contributed by atoms with Gasteiger partial charge in [-0.25, -0.2) is 0 Å². The molecular formula is C16H23NO2S. The van der Waals surface area contributed by atoms with Crippen LogP contribution in [0.4, 0.5) is 0 Å². The van der Waals surface area contributed by atoms with Gasteiger partial charge in [0.1, 0.15) is 0 Å². The highest BCUT2D eigenvalue weighted by Gasteiger charge is 2.31. The zero-order valence-corrected chi connectivity index (χ0v) is 13.0. The summed E-state index contributed by atoms with van der Waals surface area (Å²) in [6.45, 7) is 4.28. The number of carbonyl (C=O) groups is 1. The molecule has 2 rings (SSSR count). The van der Waals surface area contributed by atoms with E-state index >= 15 is 0 Å². The van der Waals surface area contributed by atoms with Crippen LogP contribution >= 0.6 is 11.8 Å². The number of thioether (sulfide) groups is 1. The highest BCUT2D eigenvalue weighted by molar-refractivity contribution is 8.00. The van der Waals surface area contributed by atoms with Crippen LogP contribution in [0.3, 0.4) is 0 Å². The number of hydrogen-bond acceptors (Lipinski definition) is 3. The smallest absolute Gasteiger partial charge is 0.230 e. The maximum absolute atomic E-state index is 12.0. The monoisotopic (exact) mass is 293 g/mol. The zero-order chi connectivity index (χ0) is 14.5. The molecule has 1 aromatic rings. The third kappa shape index (κ3) is 4.53. The first-order valence-corrected chi connectivity index (χ1v) is 8.19. The molecule has 0 aliphatic heterocycles. The van der Waals surface area contributed by atoms with Gasteiger partial charge in [0, 0.05) is 17.5 Å². The molecule has 0 radical (unpaired) electrons. The molecule has 2 N–H and O–H groups in total. The van der Waals surface area contributed by atoms with Crippen molar-refractivity contribution in [1.29, 1.82) is 0 Å². The molecule has 0 spiro atoms. The van der Waals surface area contributed by atoms with E-state index < -0.39 is 0 Å². The third-order valence-corrected chi connectivity index (χ3v) is 4.84. The predicted octanol–water partition coefficient (Wildman–Crippen LogP) is 2.67. The van der Waals surface area contributed by atoms with Gasteiger partial charge in [-0.05, 0) is 50.7 Å². The number of aliphatic hydroxyl groups is 1. The van der Waals surface area contributed by atoms with Crippen molar-refractivity contribution in [2.24, 2.45) is 5.92 Å². The molecule has 0 aromatic heterocycles. The summed E-state index contributed by atoms with van der Waals surface area (Å²) in [5.74, 6) is 1.09. The molecule has 20 heavy (non-hydrogen) atoms. The van der Waals surface area contributed by atoms with Gasteiger partial charge in [-0.3, -0.25) is 4.79 Å². The van der Waals surface area contributed by atoms with Crippen molar-refractivity contribution < 1.29 is 9.90 Å². The van der Waals surface area contributed by atoms with Crippen molar-refractivity contribution in [2.75, 3.05) is 12.4 Å². The molecule has 3 nitrogen and oxygen atoms in total. The number of carbonyl (C=O) groups excluding carboxylic acids is 1. The third-order valence-electron chi connectivity index (χ3n) is 3.68. The number of aliphatic hydroxyl groups excluding tert-OH is 1. The fourth-order valence-electron chi connectivity index (χ4n) is 2.32. The molecule has 1 aliphatic rings. The Morgan fingerprint density at radius 2 is 2.20 bits per heavy atom. The highest BCUT2D eigenvalue weighted by Crippen LogP contribution is 2.34. The maximum Gasteiger partial charge on any atom is 0.230 e. The lowest BCUT2D eigenvalue weighted by Gasteiger charge is -2.17. The molecule has 1 amide bonds. The van der Waals surface area contributed by atoms with Crippen LogP contribution in [0.1, 0.15) is 30.4 Å². The van der Waals surface area contributed by atoms with Crippen LogP contribution < -0.4 is 5.32 Å². The van der Waals surface area contributed by atoms with Crippen molar-refractivity contribution in [1.82, 2.24) is 5.32 Å². The zero-order valence-electron chi connectivity index (χ0n) is 12.2. The molecule has 4 heteroatoms. The molecule has 110 valence electrons. The minimum absolute atomic E-state index is 0.0706. The second-order valence-corrected chi connectivity index (χ2v) is 6.60.